The second-order valence-electron chi connectivity index (χ2n) is 4.60. The molecule has 0 heterocycles. The van der Waals surface area contributed by atoms with Crippen molar-refractivity contribution >= 4 is 23.8 Å². The van der Waals surface area contributed by atoms with Crippen LogP contribution >= 0.6 is 0 Å². The minimum absolute atomic E-state index is 0. The third kappa shape index (κ3) is 15.5. The van der Waals surface area contributed by atoms with Crippen LogP contribution in [0.15, 0.2) is 0 Å². The molecule has 0 aliphatic heterocycles. The van der Waals surface area contributed by atoms with Crippen LogP contribution < -0.4 is 139 Å². The third-order valence-corrected chi connectivity index (χ3v) is 2.99. The van der Waals surface area contributed by atoms with E-state index < -0.39 is 48.0 Å². The van der Waals surface area contributed by atoms with Crippen molar-refractivity contribution in [3.05, 3.63) is 6.92 Å². The number of carboxylic acids is 3. The summed E-state index contributed by atoms with van der Waals surface area (Å²) in [5, 5.41) is 34.8. The van der Waals surface area contributed by atoms with Crippen molar-refractivity contribution in [3.8, 4) is 0 Å². The van der Waals surface area contributed by atoms with Crippen LogP contribution in [-0.4, -0.2) is 30.4 Å². The van der Waals surface area contributed by atoms with Gasteiger partial charge in [-0.25, -0.2) is 0 Å². The molecule has 0 radical (unpaired) electrons. The minimum Gasteiger partial charge on any atom is -0.553 e. The Kier molecular flexibility index (Phi) is 31.0. The standard InChI is InChI=1S/C13H20NO7.4Na/c1-3-4-5-14-11(17)10(7(2)12(18)19)8(13(20)21)6-9(15)16;;;;/h7-8,10H,2-6H2,1H3,(H,14,17)(H,15,16)(H,18,19)(H,20,21);;;;/q-1;4*+1/p-3/t7-,8+,10-;;;;/m1..../s1. The summed E-state index contributed by atoms with van der Waals surface area (Å²) in [6.07, 6.45) is 0.303. The molecule has 3 atom stereocenters. The number of amides is 1. The van der Waals surface area contributed by atoms with Gasteiger partial charge >= 0.3 is 118 Å². The molecule has 0 spiro atoms. The average Bonchev–Trinajstić information content (AvgIpc) is 2.37. The maximum atomic E-state index is 11.9. The van der Waals surface area contributed by atoms with E-state index in [0.717, 1.165) is 6.42 Å². The zero-order valence-corrected chi connectivity index (χ0v) is 23.6. The number of carbonyl (C=O) groups is 4. The predicted octanol–water partition coefficient (Wildman–Crippen LogP) is -15.8. The zero-order chi connectivity index (χ0) is 16.6. The number of hydrogen-bond donors (Lipinski definition) is 1. The quantitative estimate of drug-likeness (QED) is 0.221. The van der Waals surface area contributed by atoms with Crippen LogP contribution in [0.5, 0.6) is 0 Å². The van der Waals surface area contributed by atoms with Crippen LogP contribution in [0, 0.1) is 24.7 Å². The van der Waals surface area contributed by atoms with Gasteiger partial charge in [-0.05, 0) is 12.8 Å². The molecule has 0 aliphatic carbocycles. The van der Waals surface area contributed by atoms with Gasteiger partial charge in [-0.1, -0.05) is 13.3 Å². The van der Waals surface area contributed by atoms with Crippen molar-refractivity contribution < 1.29 is 153 Å². The van der Waals surface area contributed by atoms with Crippen molar-refractivity contribution in [2.75, 3.05) is 6.54 Å². The molecular formula is C13H17NNa4O7. The molecule has 0 bridgehead atoms. The van der Waals surface area contributed by atoms with Gasteiger partial charge in [-0.15, -0.1) is 5.92 Å². The maximum absolute atomic E-state index is 11.9. The van der Waals surface area contributed by atoms with E-state index >= 15 is 0 Å². The van der Waals surface area contributed by atoms with Crippen LogP contribution in [-0.2, 0) is 19.2 Å². The summed E-state index contributed by atoms with van der Waals surface area (Å²) in [6, 6.07) is 0. The Morgan fingerprint density at radius 1 is 0.960 bits per heavy atom. The van der Waals surface area contributed by atoms with E-state index in [1.807, 2.05) is 6.92 Å². The topological polar surface area (TPSA) is 149 Å². The van der Waals surface area contributed by atoms with Gasteiger partial charge in [-0.2, -0.15) is 0 Å². The first kappa shape index (κ1) is 37.6. The Morgan fingerprint density at radius 3 is 1.76 bits per heavy atom. The number of rotatable bonds is 10. The van der Waals surface area contributed by atoms with Gasteiger partial charge in [0.15, 0.2) is 0 Å². The first-order valence-electron chi connectivity index (χ1n) is 6.44. The maximum Gasteiger partial charge on any atom is 1.00 e. The molecule has 1 amide bonds. The number of carboxylic acid groups (broad SMARTS) is 3. The molecule has 0 aromatic rings. The van der Waals surface area contributed by atoms with Crippen LogP contribution in [0.1, 0.15) is 26.2 Å². The molecule has 0 aromatic heterocycles. The molecule has 0 aromatic carbocycles. The van der Waals surface area contributed by atoms with E-state index in [-0.39, 0.29) is 125 Å². The Hall–Kier alpha value is 1.88. The summed E-state index contributed by atoms with van der Waals surface area (Å²) >= 11 is 0. The Balaban J connectivity index is -0.000000333. The van der Waals surface area contributed by atoms with E-state index in [1.54, 1.807) is 0 Å². The first-order chi connectivity index (χ1) is 9.72. The number of aliphatic carboxylic acids is 3. The number of hydrogen-bond acceptors (Lipinski definition) is 7. The molecule has 0 saturated carbocycles. The summed E-state index contributed by atoms with van der Waals surface area (Å²) in [7, 11) is 0. The van der Waals surface area contributed by atoms with Crippen LogP contribution in [0.25, 0.3) is 0 Å². The monoisotopic (exact) mass is 391 g/mol. The normalized spacial score (nSPS) is 12.4. The molecule has 120 valence electrons. The molecule has 1 N–H and O–H groups in total. The van der Waals surface area contributed by atoms with Crippen molar-refractivity contribution in [1.82, 2.24) is 5.32 Å². The molecule has 0 fully saturated rings. The fourth-order valence-electron chi connectivity index (χ4n) is 1.84. The molecule has 0 aliphatic rings. The van der Waals surface area contributed by atoms with E-state index in [9.17, 15) is 34.5 Å². The van der Waals surface area contributed by atoms with Crippen LogP contribution in [0.3, 0.4) is 0 Å². The molecule has 0 rings (SSSR count). The second-order valence-corrected chi connectivity index (χ2v) is 4.60. The van der Waals surface area contributed by atoms with E-state index in [2.05, 4.69) is 12.2 Å². The van der Waals surface area contributed by atoms with Crippen LogP contribution in [0.2, 0.25) is 0 Å². The van der Waals surface area contributed by atoms with Gasteiger partial charge in [0.25, 0.3) is 0 Å². The summed E-state index contributed by atoms with van der Waals surface area (Å²) in [5.41, 5.74) is 0. The summed E-state index contributed by atoms with van der Waals surface area (Å²) < 4.78 is 0. The van der Waals surface area contributed by atoms with E-state index in [1.165, 1.54) is 0 Å². The van der Waals surface area contributed by atoms with Gasteiger partial charge in [0, 0.05) is 36.3 Å². The smallest absolute Gasteiger partial charge is 0.553 e. The largest absolute Gasteiger partial charge is 1.00 e. The first-order valence-corrected chi connectivity index (χ1v) is 6.44. The fraction of sp³-hybridized carbons (Fsp3) is 0.615. The Bertz CT molecular complexity index is 423. The minimum atomic E-state index is -1.86. The molecular weight excluding hydrogens is 374 g/mol. The molecule has 0 saturated heterocycles. The predicted molar refractivity (Wildman–Crippen MR) is 63.4 cm³/mol. The van der Waals surface area contributed by atoms with Gasteiger partial charge in [0.2, 0.25) is 5.91 Å². The summed E-state index contributed by atoms with van der Waals surface area (Å²) in [4.78, 5) is 44.4. The molecule has 8 nitrogen and oxygen atoms in total. The molecule has 25 heavy (non-hydrogen) atoms. The average molecular weight is 391 g/mol. The summed E-state index contributed by atoms with van der Waals surface area (Å²) in [6.45, 7) is 5.23. The van der Waals surface area contributed by atoms with E-state index in [0.29, 0.717) is 6.42 Å². The van der Waals surface area contributed by atoms with Gasteiger partial charge in [-0.3, -0.25) is 4.79 Å². The third-order valence-electron chi connectivity index (χ3n) is 2.99. The summed E-state index contributed by atoms with van der Waals surface area (Å²) in [5.74, 6) is -11.6. The van der Waals surface area contributed by atoms with Gasteiger partial charge in [0.1, 0.15) is 0 Å². The van der Waals surface area contributed by atoms with Crippen molar-refractivity contribution in [1.29, 1.82) is 0 Å². The number of unbranched alkanes of at least 4 members (excludes halogenated alkanes) is 1. The molecule has 0 unspecified atom stereocenters. The van der Waals surface area contributed by atoms with Crippen molar-refractivity contribution in [2.24, 2.45) is 17.8 Å². The van der Waals surface area contributed by atoms with Crippen LogP contribution in [0.4, 0.5) is 0 Å². The number of carbonyl (C=O) groups excluding carboxylic acids is 4. The van der Waals surface area contributed by atoms with Gasteiger partial charge < -0.3 is 41.9 Å². The van der Waals surface area contributed by atoms with E-state index in [4.69, 9.17) is 0 Å². The zero-order valence-electron chi connectivity index (χ0n) is 15.6. The Morgan fingerprint density at radius 2 is 1.44 bits per heavy atom. The number of nitrogens with one attached hydrogen (secondary N) is 1. The molecule has 12 heteroatoms. The van der Waals surface area contributed by atoms with Crippen molar-refractivity contribution in [3.63, 3.8) is 0 Å². The second kappa shape index (κ2) is 20.6. The SMILES string of the molecule is [CH2-][C@@H](C(=O)[O-])[C@@H](C(=O)NCCCC)[C@H](CC(=O)[O-])C(=O)[O-].[Na+].[Na+].[Na+].[Na+]. The Labute approximate surface area is 235 Å². The van der Waals surface area contributed by atoms with Crippen molar-refractivity contribution in [2.45, 2.75) is 26.2 Å². The fourth-order valence-corrected chi connectivity index (χ4v) is 1.84. The van der Waals surface area contributed by atoms with Gasteiger partial charge in [0.05, 0.1) is 0 Å².